The highest BCUT2D eigenvalue weighted by Gasteiger charge is 2.13. The second-order valence-electron chi connectivity index (χ2n) is 4.45. The lowest BCUT2D eigenvalue weighted by Crippen LogP contribution is -2.08. The minimum atomic E-state index is 0.0311. The zero-order valence-corrected chi connectivity index (χ0v) is 10.5. The molecule has 0 aliphatic heterocycles. The number of aliphatic imine (C=N–C) groups is 1. The molecule has 0 unspecified atom stereocenters. The van der Waals surface area contributed by atoms with Crippen LogP contribution >= 0.6 is 11.3 Å². The molecule has 0 fully saturated rings. The minimum absolute atomic E-state index is 0.0311. The fourth-order valence-corrected chi connectivity index (χ4v) is 1.50. The van der Waals surface area contributed by atoms with Crippen LogP contribution in [0.2, 0.25) is 0 Å². The van der Waals surface area contributed by atoms with E-state index >= 15 is 0 Å². The quantitative estimate of drug-likeness (QED) is 0.782. The summed E-state index contributed by atoms with van der Waals surface area (Å²) in [5.74, 6) is 0.600. The summed E-state index contributed by atoms with van der Waals surface area (Å²) in [6.07, 6.45) is 1.74. The van der Waals surface area contributed by atoms with Crippen LogP contribution in [0.5, 0.6) is 0 Å². The van der Waals surface area contributed by atoms with Gasteiger partial charge in [0.2, 0.25) is 0 Å². The average Bonchev–Trinajstić information content (AvgIpc) is 2.39. The molecule has 0 saturated heterocycles. The number of nitrogens with two attached hydrogens (primary N) is 1. The molecule has 0 aromatic carbocycles. The molecule has 0 radical (unpaired) electrons. The van der Waals surface area contributed by atoms with Gasteiger partial charge < -0.3 is 5.73 Å². The number of nitrogens with zero attached hydrogens (tertiary/aromatic N) is 2. The van der Waals surface area contributed by atoms with Gasteiger partial charge in [-0.25, -0.2) is 9.98 Å². The summed E-state index contributed by atoms with van der Waals surface area (Å²) in [7, 11) is 0. The van der Waals surface area contributed by atoms with Gasteiger partial charge in [-0.15, -0.1) is 0 Å². The van der Waals surface area contributed by atoms with E-state index in [0.717, 1.165) is 10.6 Å². The number of anilines is 1. The number of nitrogen functional groups attached to an aromatic ring is 1. The second kappa shape index (κ2) is 4.14. The second-order valence-corrected chi connectivity index (χ2v) is 5.69. The first-order valence-corrected chi connectivity index (χ1v) is 5.58. The van der Waals surface area contributed by atoms with E-state index in [1.165, 1.54) is 11.3 Å². The Kier molecular flexibility index (Phi) is 3.29. The maximum atomic E-state index is 5.75. The van der Waals surface area contributed by atoms with Crippen LogP contribution in [0.25, 0.3) is 0 Å². The molecule has 3 nitrogen and oxygen atoms in total. The van der Waals surface area contributed by atoms with Gasteiger partial charge in [0.1, 0.15) is 5.00 Å². The van der Waals surface area contributed by atoms with Gasteiger partial charge in [0.15, 0.2) is 5.82 Å². The van der Waals surface area contributed by atoms with Crippen LogP contribution in [0.4, 0.5) is 10.8 Å². The molecule has 4 heteroatoms. The summed E-state index contributed by atoms with van der Waals surface area (Å²) in [4.78, 5) is 8.46. The lowest BCUT2D eigenvalue weighted by Gasteiger charge is -2.17. The average molecular weight is 223 g/mol. The molecule has 0 atom stereocenters. The van der Waals surface area contributed by atoms with Crippen molar-refractivity contribution in [2.45, 2.75) is 27.7 Å². The van der Waals surface area contributed by atoms with Crippen LogP contribution in [0.1, 0.15) is 25.8 Å². The number of allylic oxidation sites excluding steroid dienone is 1. The van der Waals surface area contributed by atoms with Crippen molar-refractivity contribution in [1.29, 1.82) is 0 Å². The van der Waals surface area contributed by atoms with Crippen molar-refractivity contribution >= 4 is 28.4 Å². The van der Waals surface area contributed by atoms with E-state index in [2.05, 4.69) is 37.3 Å². The fraction of sp³-hybridized carbons (Fsp3) is 0.455. The number of hydrogen-bond donors (Lipinski definition) is 1. The lowest BCUT2D eigenvalue weighted by molar-refractivity contribution is 0.528. The van der Waals surface area contributed by atoms with Crippen LogP contribution in [0.3, 0.4) is 0 Å². The van der Waals surface area contributed by atoms with Crippen LogP contribution in [-0.2, 0) is 0 Å². The molecule has 1 rings (SSSR count). The third-order valence-electron chi connectivity index (χ3n) is 2.05. The van der Waals surface area contributed by atoms with Gasteiger partial charge in [0.05, 0.1) is 5.01 Å². The topological polar surface area (TPSA) is 51.3 Å². The molecule has 1 heterocycles. The number of hydrogen-bond acceptors (Lipinski definition) is 4. The molecule has 0 aliphatic carbocycles. The van der Waals surface area contributed by atoms with Crippen molar-refractivity contribution in [3.05, 3.63) is 17.2 Å². The van der Waals surface area contributed by atoms with Crippen molar-refractivity contribution in [2.75, 3.05) is 5.73 Å². The maximum absolute atomic E-state index is 5.75. The van der Waals surface area contributed by atoms with E-state index in [1.54, 1.807) is 6.21 Å². The first-order chi connectivity index (χ1) is 6.80. The van der Waals surface area contributed by atoms with Crippen molar-refractivity contribution in [3.8, 4) is 0 Å². The van der Waals surface area contributed by atoms with E-state index in [4.69, 9.17) is 5.73 Å². The number of aromatic nitrogens is 1. The largest absolute Gasteiger partial charge is 0.387 e. The smallest absolute Gasteiger partial charge is 0.187 e. The molecule has 0 aliphatic rings. The monoisotopic (exact) mass is 223 g/mol. The molecule has 0 spiro atoms. The van der Waals surface area contributed by atoms with Crippen molar-refractivity contribution in [3.63, 3.8) is 0 Å². The normalized spacial score (nSPS) is 12.3. The Balaban J connectivity index is 2.83. The van der Waals surface area contributed by atoms with E-state index in [1.807, 2.05) is 6.92 Å². The van der Waals surface area contributed by atoms with Crippen LogP contribution in [-0.4, -0.2) is 11.2 Å². The third-order valence-corrected chi connectivity index (χ3v) is 2.84. The van der Waals surface area contributed by atoms with Crippen LogP contribution in [0.15, 0.2) is 17.1 Å². The molecule has 0 bridgehead atoms. The maximum Gasteiger partial charge on any atom is 0.187 e. The van der Waals surface area contributed by atoms with Gasteiger partial charge in [-0.3, -0.25) is 0 Å². The van der Waals surface area contributed by atoms with Crippen LogP contribution < -0.4 is 5.73 Å². The molecule has 0 saturated carbocycles. The SMILES string of the molecule is C=C(/C=N\c1nc(C)sc1N)C(C)(C)C. The van der Waals surface area contributed by atoms with E-state index < -0.39 is 0 Å². The molecule has 1 aromatic rings. The highest BCUT2D eigenvalue weighted by atomic mass is 32.1. The molecule has 82 valence electrons. The lowest BCUT2D eigenvalue weighted by atomic mass is 9.88. The third kappa shape index (κ3) is 3.16. The molecular formula is C11H17N3S. The van der Waals surface area contributed by atoms with Gasteiger partial charge in [-0.1, -0.05) is 38.7 Å². The van der Waals surface area contributed by atoms with Gasteiger partial charge in [0.25, 0.3) is 0 Å². The van der Waals surface area contributed by atoms with Crippen molar-refractivity contribution in [1.82, 2.24) is 4.98 Å². The summed E-state index contributed by atoms with van der Waals surface area (Å²) < 4.78 is 0. The first-order valence-electron chi connectivity index (χ1n) is 4.77. The zero-order valence-electron chi connectivity index (χ0n) is 9.66. The van der Waals surface area contributed by atoms with E-state index in [0.29, 0.717) is 10.8 Å². The minimum Gasteiger partial charge on any atom is -0.387 e. The van der Waals surface area contributed by atoms with Gasteiger partial charge in [-0.2, -0.15) is 0 Å². The Morgan fingerprint density at radius 2 is 2.13 bits per heavy atom. The van der Waals surface area contributed by atoms with Gasteiger partial charge >= 0.3 is 0 Å². The number of aryl methyl sites for hydroxylation is 1. The van der Waals surface area contributed by atoms with Gasteiger partial charge in [0, 0.05) is 6.21 Å². The van der Waals surface area contributed by atoms with E-state index in [9.17, 15) is 0 Å². The molecular weight excluding hydrogens is 206 g/mol. The number of thiazole rings is 1. The van der Waals surface area contributed by atoms with Gasteiger partial charge in [-0.05, 0) is 17.9 Å². The van der Waals surface area contributed by atoms with E-state index in [-0.39, 0.29) is 5.41 Å². The molecule has 1 aromatic heterocycles. The molecule has 0 amide bonds. The van der Waals surface area contributed by atoms with Crippen LogP contribution in [0, 0.1) is 12.3 Å². The number of rotatable bonds is 2. The highest BCUT2D eigenvalue weighted by molar-refractivity contribution is 7.16. The Morgan fingerprint density at radius 1 is 1.53 bits per heavy atom. The van der Waals surface area contributed by atoms with Crippen molar-refractivity contribution < 1.29 is 0 Å². The summed E-state index contributed by atoms with van der Waals surface area (Å²) >= 11 is 1.45. The predicted molar refractivity (Wildman–Crippen MR) is 68.0 cm³/mol. The Hall–Kier alpha value is -1.16. The first kappa shape index (κ1) is 11.9. The predicted octanol–water partition coefficient (Wildman–Crippen LogP) is 3.34. The zero-order chi connectivity index (χ0) is 11.6. The molecule has 2 N–H and O–H groups in total. The summed E-state index contributed by atoms with van der Waals surface area (Å²) in [6, 6.07) is 0. The standard InChI is InChI=1S/C11H17N3S/c1-7(11(3,4)5)6-13-10-9(12)15-8(2)14-10/h6H,1,12H2,2-5H3/b13-6-. The fourth-order valence-electron chi connectivity index (χ4n) is 0.857. The highest BCUT2D eigenvalue weighted by Crippen LogP contribution is 2.28. The Bertz CT molecular complexity index is 396. The Labute approximate surface area is 94.8 Å². The summed E-state index contributed by atoms with van der Waals surface area (Å²) in [5.41, 5.74) is 6.75. The summed E-state index contributed by atoms with van der Waals surface area (Å²) in [5, 5.41) is 1.59. The Morgan fingerprint density at radius 3 is 2.53 bits per heavy atom. The van der Waals surface area contributed by atoms with Crippen molar-refractivity contribution in [2.24, 2.45) is 10.4 Å². The summed E-state index contributed by atoms with van der Waals surface area (Å²) in [6.45, 7) is 12.2. The molecule has 15 heavy (non-hydrogen) atoms.